The van der Waals surface area contributed by atoms with Crippen LogP contribution in [0.5, 0.6) is 0 Å². The minimum Gasteiger partial charge on any atom is -0.388 e. The lowest BCUT2D eigenvalue weighted by Gasteiger charge is -2.38. The van der Waals surface area contributed by atoms with E-state index in [0.29, 0.717) is 5.57 Å². The van der Waals surface area contributed by atoms with E-state index in [1.54, 1.807) is 6.92 Å². The van der Waals surface area contributed by atoms with Gasteiger partial charge in [0.15, 0.2) is 5.17 Å². The molecular weight excluding hydrogens is 240 g/mol. The number of aliphatic hydroxyl groups excluding tert-OH is 2. The summed E-state index contributed by atoms with van der Waals surface area (Å²) in [4.78, 5) is 6.25. The van der Waals surface area contributed by atoms with Gasteiger partial charge in [-0.3, -0.25) is 4.99 Å². The molecule has 2 aliphatic heterocycles. The Labute approximate surface area is 105 Å². The Morgan fingerprint density at radius 2 is 2.06 bits per heavy atom. The van der Waals surface area contributed by atoms with Crippen molar-refractivity contribution in [2.75, 3.05) is 14.1 Å². The van der Waals surface area contributed by atoms with E-state index in [1.165, 1.54) is 11.8 Å². The summed E-state index contributed by atoms with van der Waals surface area (Å²) in [6, 6.07) is -0.400. The van der Waals surface area contributed by atoms with E-state index in [0.717, 1.165) is 5.17 Å². The second-order valence-corrected chi connectivity index (χ2v) is 5.73. The highest BCUT2D eigenvalue weighted by molar-refractivity contribution is 8.14. The number of hydrogen-bond acceptors (Lipinski definition) is 6. The first-order chi connectivity index (χ1) is 7.91. The van der Waals surface area contributed by atoms with Gasteiger partial charge in [0.05, 0.1) is 0 Å². The predicted molar refractivity (Wildman–Crippen MR) is 68.0 cm³/mol. The molecule has 0 aliphatic carbocycles. The molecule has 0 bridgehead atoms. The van der Waals surface area contributed by atoms with Crippen LogP contribution in [0, 0.1) is 0 Å². The van der Waals surface area contributed by atoms with E-state index < -0.39 is 24.4 Å². The Kier molecular flexibility index (Phi) is 3.49. The number of fused-ring (bicyclic) bond motifs is 1. The van der Waals surface area contributed by atoms with E-state index in [-0.39, 0.29) is 5.44 Å². The van der Waals surface area contributed by atoms with Crippen molar-refractivity contribution in [3.05, 3.63) is 12.2 Å². The van der Waals surface area contributed by atoms with Gasteiger partial charge in [-0.25, -0.2) is 0 Å². The van der Waals surface area contributed by atoms with Crippen LogP contribution in [0.4, 0.5) is 0 Å². The fourth-order valence-electron chi connectivity index (χ4n) is 1.97. The minimum atomic E-state index is -0.959. The number of thioether (sulfide) groups is 1. The largest absolute Gasteiger partial charge is 0.388 e. The second kappa shape index (κ2) is 4.61. The predicted octanol–water partition coefficient (Wildman–Crippen LogP) is 0.0422. The zero-order valence-corrected chi connectivity index (χ0v) is 11.0. The van der Waals surface area contributed by atoms with E-state index in [4.69, 9.17) is 4.74 Å². The summed E-state index contributed by atoms with van der Waals surface area (Å²) < 4.78 is 5.75. The van der Waals surface area contributed by atoms with Crippen molar-refractivity contribution < 1.29 is 14.9 Å². The molecule has 0 amide bonds. The molecule has 6 heteroatoms. The molecule has 5 nitrogen and oxygen atoms in total. The monoisotopic (exact) mass is 258 g/mol. The Morgan fingerprint density at radius 3 is 2.59 bits per heavy atom. The molecule has 1 saturated heterocycles. The molecule has 0 saturated carbocycles. The molecule has 0 aromatic carbocycles. The maximum absolute atomic E-state index is 10.1. The number of nitrogens with zero attached hydrogens (tertiary/aromatic N) is 2. The van der Waals surface area contributed by atoms with Gasteiger partial charge >= 0.3 is 0 Å². The van der Waals surface area contributed by atoms with Crippen LogP contribution in [0.25, 0.3) is 0 Å². The molecule has 2 rings (SSSR count). The third-order valence-electron chi connectivity index (χ3n) is 2.92. The van der Waals surface area contributed by atoms with Crippen molar-refractivity contribution in [2.45, 2.75) is 36.7 Å². The topological polar surface area (TPSA) is 65.3 Å². The molecule has 2 heterocycles. The van der Waals surface area contributed by atoms with Crippen LogP contribution in [-0.2, 0) is 4.74 Å². The Morgan fingerprint density at radius 1 is 1.41 bits per heavy atom. The molecule has 96 valence electrons. The van der Waals surface area contributed by atoms with Gasteiger partial charge in [0, 0.05) is 14.1 Å². The highest BCUT2D eigenvalue weighted by atomic mass is 32.2. The fourth-order valence-corrected chi connectivity index (χ4v) is 3.11. The summed E-state index contributed by atoms with van der Waals surface area (Å²) in [5, 5.41) is 20.8. The molecule has 0 spiro atoms. The molecule has 2 aliphatic rings. The van der Waals surface area contributed by atoms with E-state index >= 15 is 0 Å². The average molecular weight is 258 g/mol. The molecule has 1 fully saturated rings. The van der Waals surface area contributed by atoms with Gasteiger partial charge in [0.2, 0.25) is 0 Å². The van der Waals surface area contributed by atoms with Gasteiger partial charge in [0.25, 0.3) is 0 Å². The number of ether oxygens (including phenoxy) is 1. The molecule has 17 heavy (non-hydrogen) atoms. The number of aliphatic imine (C=N–C) groups is 1. The maximum Gasteiger partial charge on any atom is 0.161 e. The molecule has 0 aromatic rings. The third-order valence-corrected chi connectivity index (χ3v) is 4.22. The van der Waals surface area contributed by atoms with Crippen LogP contribution < -0.4 is 0 Å². The van der Waals surface area contributed by atoms with Crippen LogP contribution >= 0.6 is 11.8 Å². The first-order valence-corrected chi connectivity index (χ1v) is 6.38. The van der Waals surface area contributed by atoms with E-state index in [2.05, 4.69) is 11.6 Å². The lowest BCUT2D eigenvalue weighted by Crippen LogP contribution is -2.54. The Hall–Kier alpha value is -0.560. The van der Waals surface area contributed by atoms with Crippen LogP contribution in [0.15, 0.2) is 17.1 Å². The highest BCUT2D eigenvalue weighted by Gasteiger charge is 2.48. The van der Waals surface area contributed by atoms with Gasteiger partial charge in [-0.1, -0.05) is 18.3 Å². The lowest BCUT2D eigenvalue weighted by atomic mass is 9.95. The normalized spacial score (nSPS) is 40.8. The zero-order valence-electron chi connectivity index (χ0n) is 10.2. The van der Waals surface area contributed by atoms with Crippen molar-refractivity contribution in [1.29, 1.82) is 0 Å². The lowest BCUT2D eigenvalue weighted by molar-refractivity contribution is -0.138. The molecule has 5 unspecified atom stereocenters. The maximum atomic E-state index is 10.1. The fraction of sp³-hybridized carbons (Fsp3) is 0.727. The summed E-state index contributed by atoms with van der Waals surface area (Å²) in [7, 11) is 3.78. The van der Waals surface area contributed by atoms with Gasteiger partial charge < -0.3 is 19.8 Å². The van der Waals surface area contributed by atoms with Crippen LogP contribution in [-0.4, -0.2) is 64.2 Å². The van der Waals surface area contributed by atoms with Gasteiger partial charge in [0.1, 0.15) is 29.8 Å². The van der Waals surface area contributed by atoms with Gasteiger partial charge in [-0.2, -0.15) is 0 Å². The first-order valence-electron chi connectivity index (χ1n) is 5.50. The van der Waals surface area contributed by atoms with Crippen molar-refractivity contribution in [1.82, 2.24) is 4.90 Å². The van der Waals surface area contributed by atoms with E-state index in [9.17, 15) is 10.2 Å². The van der Waals surface area contributed by atoms with Crippen molar-refractivity contribution in [2.24, 2.45) is 4.99 Å². The third kappa shape index (κ3) is 2.22. The van der Waals surface area contributed by atoms with Crippen LogP contribution in [0.1, 0.15) is 6.92 Å². The van der Waals surface area contributed by atoms with Crippen molar-refractivity contribution >= 4 is 16.9 Å². The molecule has 0 aromatic heterocycles. The summed E-state index contributed by atoms with van der Waals surface area (Å²) >= 11 is 1.47. The number of hydrogen-bond donors (Lipinski definition) is 2. The Balaban J connectivity index is 2.18. The summed E-state index contributed by atoms with van der Waals surface area (Å²) in [6.07, 6.45) is -2.38. The van der Waals surface area contributed by atoms with E-state index in [1.807, 2.05) is 19.0 Å². The number of aliphatic hydroxyl groups is 2. The minimum absolute atomic E-state index is 0.243. The first kappa shape index (κ1) is 12.9. The van der Waals surface area contributed by atoms with Gasteiger partial charge in [-0.05, 0) is 12.5 Å². The second-order valence-electron chi connectivity index (χ2n) is 4.67. The van der Waals surface area contributed by atoms with Crippen molar-refractivity contribution in [3.63, 3.8) is 0 Å². The highest BCUT2D eigenvalue weighted by Crippen LogP contribution is 2.38. The van der Waals surface area contributed by atoms with Crippen molar-refractivity contribution in [3.8, 4) is 0 Å². The van der Waals surface area contributed by atoms with Gasteiger partial charge in [-0.15, -0.1) is 0 Å². The molecular formula is C11H18N2O3S. The zero-order chi connectivity index (χ0) is 12.7. The summed E-state index contributed by atoms with van der Waals surface area (Å²) in [6.45, 7) is 5.56. The van der Waals surface area contributed by atoms with Crippen LogP contribution in [0.3, 0.4) is 0 Å². The summed E-state index contributed by atoms with van der Waals surface area (Å²) in [5.41, 5.74) is 0.474. The standard InChI is InChI=1S/C11H18N2O3S/c1-5(2)9-8(15)7(14)6-10(16-9)17-11(12-6)13(3)4/h6-10,14-15H,1H2,2-4H3. The molecule has 2 N–H and O–H groups in total. The quantitative estimate of drug-likeness (QED) is 0.650. The summed E-state index contributed by atoms with van der Waals surface area (Å²) in [5.74, 6) is 0. The smallest absolute Gasteiger partial charge is 0.161 e. The molecule has 5 atom stereocenters. The number of rotatable bonds is 1. The Bertz CT molecular complexity index is 359. The SMILES string of the molecule is C=C(C)C1OC2SC(N(C)C)=NC2C(O)C1O. The van der Waals surface area contributed by atoms with Crippen LogP contribution in [0.2, 0.25) is 0 Å². The number of amidine groups is 1. The average Bonchev–Trinajstić information content (AvgIpc) is 2.67. The molecule has 0 radical (unpaired) electrons.